The largest absolute Gasteiger partial charge is 0.530 e. The first-order valence-corrected chi connectivity index (χ1v) is 7.65. The molecule has 0 saturated carbocycles. The van der Waals surface area contributed by atoms with Gasteiger partial charge in [0.25, 0.3) is 0 Å². The van der Waals surface area contributed by atoms with Gasteiger partial charge in [-0.2, -0.15) is 0 Å². The van der Waals surface area contributed by atoms with Gasteiger partial charge < -0.3 is 20.0 Å². The number of halogens is 1. The smallest absolute Gasteiger partial charge is 0.412 e. The highest BCUT2D eigenvalue weighted by Crippen LogP contribution is 2.33. The van der Waals surface area contributed by atoms with Crippen LogP contribution in [-0.2, 0) is 4.74 Å². The predicted octanol–water partition coefficient (Wildman–Crippen LogP) is 3.70. The molecule has 2 aromatic rings. The minimum absolute atomic E-state index is 0.214. The van der Waals surface area contributed by atoms with Crippen LogP contribution in [0.1, 0.15) is 20.8 Å². The molecular formula is C16H16BrN2O4-. The van der Waals surface area contributed by atoms with Crippen LogP contribution in [0.5, 0.6) is 0 Å². The molecule has 0 fully saturated rings. The molecule has 7 heteroatoms. The van der Waals surface area contributed by atoms with E-state index in [-0.39, 0.29) is 5.69 Å². The van der Waals surface area contributed by atoms with Crippen molar-refractivity contribution in [3.8, 4) is 0 Å². The van der Waals surface area contributed by atoms with Crippen LogP contribution in [0.25, 0.3) is 10.8 Å². The molecule has 2 rings (SSSR count). The van der Waals surface area contributed by atoms with Crippen LogP contribution in [0.2, 0.25) is 0 Å². The lowest BCUT2D eigenvalue weighted by Crippen LogP contribution is -2.30. The lowest BCUT2D eigenvalue weighted by atomic mass is 10.1. The third kappa shape index (κ3) is 4.59. The molecule has 2 amide bonds. The van der Waals surface area contributed by atoms with Crippen LogP contribution in [0.3, 0.4) is 0 Å². The standard InChI is InChI=1S/C16H17BrN2O4/c1-16(2,3)23-15(22)19-13-11-6-5-10(17)8-9(11)4-7-12(13)18-14(20)21/h4-8,18H,1-3H3,(H,19,22)(H,20,21)/p-1. The minimum atomic E-state index is -1.46. The van der Waals surface area contributed by atoms with E-state index in [9.17, 15) is 14.7 Å². The Morgan fingerprint density at radius 2 is 1.83 bits per heavy atom. The van der Waals surface area contributed by atoms with Gasteiger partial charge in [0.05, 0.1) is 11.4 Å². The van der Waals surface area contributed by atoms with E-state index in [1.807, 2.05) is 6.07 Å². The number of fused-ring (bicyclic) bond motifs is 1. The Balaban J connectivity index is 2.48. The quantitative estimate of drug-likeness (QED) is 0.831. The van der Waals surface area contributed by atoms with Crippen LogP contribution in [-0.4, -0.2) is 17.8 Å². The molecule has 0 unspecified atom stereocenters. The van der Waals surface area contributed by atoms with Crippen molar-refractivity contribution in [3.63, 3.8) is 0 Å². The fourth-order valence-corrected chi connectivity index (χ4v) is 2.43. The second-order valence-electron chi connectivity index (χ2n) is 5.89. The second kappa shape index (κ2) is 6.45. The van der Waals surface area contributed by atoms with Crippen molar-refractivity contribution < 1.29 is 19.4 Å². The highest BCUT2D eigenvalue weighted by molar-refractivity contribution is 9.10. The molecule has 0 spiro atoms. The van der Waals surface area contributed by atoms with Gasteiger partial charge in [0.1, 0.15) is 11.7 Å². The highest BCUT2D eigenvalue weighted by Gasteiger charge is 2.18. The van der Waals surface area contributed by atoms with Gasteiger partial charge in [0, 0.05) is 9.86 Å². The second-order valence-corrected chi connectivity index (χ2v) is 6.81. The summed E-state index contributed by atoms with van der Waals surface area (Å²) in [6, 6.07) is 8.72. The number of amides is 2. The minimum Gasteiger partial charge on any atom is -0.530 e. The molecule has 0 bridgehead atoms. The van der Waals surface area contributed by atoms with E-state index in [1.165, 1.54) is 0 Å². The summed E-state index contributed by atoms with van der Waals surface area (Å²) in [7, 11) is 0. The molecule has 122 valence electrons. The number of hydrogen-bond acceptors (Lipinski definition) is 4. The predicted molar refractivity (Wildman–Crippen MR) is 90.5 cm³/mol. The number of rotatable bonds is 2. The SMILES string of the molecule is CC(C)(C)OC(=O)Nc1c(NC(=O)[O-])ccc2cc(Br)ccc12. The van der Waals surface area contributed by atoms with Gasteiger partial charge in [-0.25, -0.2) is 4.79 Å². The van der Waals surface area contributed by atoms with E-state index >= 15 is 0 Å². The fraction of sp³-hybridized carbons (Fsp3) is 0.250. The zero-order valence-electron chi connectivity index (χ0n) is 12.9. The summed E-state index contributed by atoms with van der Waals surface area (Å²) >= 11 is 3.37. The average Bonchev–Trinajstić information content (AvgIpc) is 2.38. The number of anilines is 2. The Bertz CT molecular complexity index is 768. The van der Waals surface area contributed by atoms with E-state index < -0.39 is 17.8 Å². The third-order valence-electron chi connectivity index (χ3n) is 2.84. The molecule has 0 radical (unpaired) electrons. The number of ether oxygens (including phenoxy) is 1. The average molecular weight is 380 g/mol. The van der Waals surface area contributed by atoms with Crippen molar-refractivity contribution in [3.05, 3.63) is 34.8 Å². The van der Waals surface area contributed by atoms with Crippen molar-refractivity contribution in [2.45, 2.75) is 26.4 Å². The van der Waals surface area contributed by atoms with Gasteiger partial charge >= 0.3 is 6.09 Å². The lowest BCUT2D eigenvalue weighted by Gasteiger charge is -2.21. The zero-order chi connectivity index (χ0) is 17.2. The number of hydrogen-bond donors (Lipinski definition) is 2. The Hall–Kier alpha value is -2.28. The molecule has 6 nitrogen and oxygen atoms in total. The summed E-state index contributed by atoms with van der Waals surface area (Å²) in [5.74, 6) is 0. The molecule has 0 heterocycles. The number of carbonyl (C=O) groups excluding carboxylic acids is 2. The normalized spacial score (nSPS) is 11.1. The first-order valence-electron chi connectivity index (χ1n) is 6.86. The van der Waals surface area contributed by atoms with Gasteiger partial charge in [0.15, 0.2) is 0 Å². The molecular weight excluding hydrogens is 364 g/mol. The number of benzene rings is 2. The summed E-state index contributed by atoms with van der Waals surface area (Å²) in [6.45, 7) is 5.23. The Labute approximate surface area is 142 Å². The van der Waals surface area contributed by atoms with Crippen LogP contribution < -0.4 is 15.7 Å². The lowest BCUT2D eigenvalue weighted by molar-refractivity contribution is -0.242. The van der Waals surface area contributed by atoms with E-state index in [4.69, 9.17) is 4.74 Å². The molecule has 23 heavy (non-hydrogen) atoms. The maximum Gasteiger partial charge on any atom is 0.412 e. The molecule has 2 N–H and O–H groups in total. The summed E-state index contributed by atoms with van der Waals surface area (Å²) < 4.78 is 6.09. The van der Waals surface area contributed by atoms with E-state index in [2.05, 4.69) is 26.6 Å². The van der Waals surface area contributed by atoms with Crippen molar-refractivity contribution in [2.24, 2.45) is 0 Å². The maximum absolute atomic E-state index is 12.0. The Kier molecular flexibility index (Phi) is 4.79. The van der Waals surface area contributed by atoms with E-state index in [0.717, 1.165) is 9.86 Å². The van der Waals surface area contributed by atoms with Crippen molar-refractivity contribution in [1.82, 2.24) is 0 Å². The van der Waals surface area contributed by atoms with Crippen molar-refractivity contribution >= 4 is 50.3 Å². The van der Waals surface area contributed by atoms with Crippen LogP contribution >= 0.6 is 15.9 Å². The summed E-state index contributed by atoms with van der Waals surface area (Å²) in [6.07, 6.45) is -2.14. The Morgan fingerprint density at radius 1 is 1.13 bits per heavy atom. The molecule has 2 aromatic carbocycles. The Morgan fingerprint density at radius 3 is 2.43 bits per heavy atom. The number of carbonyl (C=O) groups is 2. The zero-order valence-corrected chi connectivity index (χ0v) is 14.5. The van der Waals surface area contributed by atoms with Gasteiger partial charge in [-0.3, -0.25) is 5.32 Å². The molecule has 0 saturated heterocycles. The van der Waals surface area contributed by atoms with Gasteiger partial charge in [-0.1, -0.05) is 28.1 Å². The summed E-state index contributed by atoms with van der Waals surface area (Å²) in [5.41, 5.74) is -0.140. The first-order chi connectivity index (χ1) is 10.7. The molecule has 0 aromatic heterocycles. The molecule has 0 atom stereocenters. The molecule has 0 aliphatic heterocycles. The topological polar surface area (TPSA) is 90.5 Å². The van der Waals surface area contributed by atoms with Crippen molar-refractivity contribution in [2.75, 3.05) is 10.6 Å². The maximum atomic E-state index is 12.0. The number of nitrogens with one attached hydrogen (secondary N) is 2. The van der Waals surface area contributed by atoms with E-state index in [0.29, 0.717) is 11.1 Å². The third-order valence-corrected chi connectivity index (χ3v) is 3.34. The fourth-order valence-electron chi connectivity index (χ4n) is 2.06. The number of carboxylic acid groups (broad SMARTS) is 1. The van der Waals surface area contributed by atoms with Gasteiger partial charge in [-0.15, -0.1) is 0 Å². The molecule has 0 aliphatic rings. The van der Waals surface area contributed by atoms with Crippen LogP contribution in [0, 0.1) is 0 Å². The summed E-state index contributed by atoms with van der Waals surface area (Å²) in [4.78, 5) is 22.9. The van der Waals surface area contributed by atoms with Crippen LogP contribution in [0.4, 0.5) is 21.0 Å². The van der Waals surface area contributed by atoms with Gasteiger partial charge in [-0.05, 0) is 44.4 Å². The monoisotopic (exact) mass is 379 g/mol. The van der Waals surface area contributed by atoms with E-state index in [1.54, 1.807) is 45.0 Å². The van der Waals surface area contributed by atoms with Crippen LogP contribution in [0.15, 0.2) is 34.8 Å². The van der Waals surface area contributed by atoms with Crippen molar-refractivity contribution in [1.29, 1.82) is 0 Å². The summed E-state index contributed by atoms with van der Waals surface area (Å²) in [5, 5.41) is 17.1. The van der Waals surface area contributed by atoms with Gasteiger partial charge in [0.2, 0.25) is 0 Å². The molecule has 0 aliphatic carbocycles. The highest BCUT2D eigenvalue weighted by atomic mass is 79.9. The first kappa shape index (κ1) is 17.1.